The quantitative estimate of drug-likeness (QED) is 0.272. The maximum atomic E-state index is 6.78. The summed E-state index contributed by atoms with van der Waals surface area (Å²) in [7, 11) is 0. The van der Waals surface area contributed by atoms with Gasteiger partial charge < -0.3 is 22.7 Å². The maximum Gasteiger partial charge on any atom is 0.178 e. The van der Waals surface area contributed by atoms with Crippen LogP contribution in [0, 0.1) is 0 Å². The number of hydrogen-bond acceptors (Lipinski definition) is 4. The second kappa shape index (κ2) is 7.67. The minimum absolute atomic E-state index is 0.642. The highest BCUT2D eigenvalue weighted by Crippen LogP contribution is 2.49. The molecule has 5 nitrogen and oxygen atoms in total. The molecule has 5 aromatic heterocycles. The van der Waals surface area contributed by atoms with E-state index in [-0.39, 0.29) is 0 Å². The molecule has 5 heterocycles. The first-order valence-corrected chi connectivity index (χ1v) is 12.1. The molecule has 0 bridgehead atoms. The van der Waals surface area contributed by atoms with Crippen molar-refractivity contribution >= 4 is 32.7 Å². The van der Waals surface area contributed by atoms with E-state index in [0.717, 1.165) is 66.4 Å². The third kappa shape index (κ3) is 2.98. The SMILES string of the molecule is c1coc(-c2ccc(-c3[nH]cc4ccccc34)c3oc(-c4cc5ccccc5o4)c(-c4ccoc4)c23)c1. The van der Waals surface area contributed by atoms with Crippen molar-refractivity contribution in [1.29, 1.82) is 0 Å². The maximum absolute atomic E-state index is 6.78. The minimum atomic E-state index is 0.642. The van der Waals surface area contributed by atoms with Gasteiger partial charge in [0.25, 0.3) is 0 Å². The third-order valence-electron chi connectivity index (χ3n) is 6.96. The molecule has 0 atom stereocenters. The standard InChI is InChI=1S/C32H19NO4/c1-3-8-22-20(7-1)17-33-30(22)24-12-11-23(26-10-5-14-35-26)29-28(21-13-15-34-18-21)32(37-31(24)29)27-16-19-6-2-4-9-25(19)36-27/h1-18,33H. The molecule has 0 unspecified atom stereocenters. The number of aromatic nitrogens is 1. The average Bonchev–Trinajstić information content (AvgIpc) is 3.77. The highest BCUT2D eigenvalue weighted by Gasteiger charge is 2.27. The fraction of sp³-hybridized carbons (Fsp3) is 0. The highest BCUT2D eigenvalue weighted by molar-refractivity contribution is 6.14. The van der Waals surface area contributed by atoms with E-state index in [4.69, 9.17) is 17.7 Å². The largest absolute Gasteiger partial charge is 0.472 e. The Morgan fingerprint density at radius 1 is 0.676 bits per heavy atom. The smallest absolute Gasteiger partial charge is 0.178 e. The first-order chi connectivity index (χ1) is 18.3. The van der Waals surface area contributed by atoms with Crippen LogP contribution >= 0.6 is 0 Å². The fourth-order valence-corrected chi connectivity index (χ4v) is 5.29. The van der Waals surface area contributed by atoms with Gasteiger partial charge in [0.1, 0.15) is 16.9 Å². The van der Waals surface area contributed by atoms with Gasteiger partial charge >= 0.3 is 0 Å². The molecule has 8 aromatic rings. The fourth-order valence-electron chi connectivity index (χ4n) is 5.29. The van der Waals surface area contributed by atoms with E-state index in [0.29, 0.717) is 11.5 Å². The van der Waals surface area contributed by atoms with Gasteiger partial charge in [-0.2, -0.15) is 0 Å². The van der Waals surface area contributed by atoms with Gasteiger partial charge in [-0.3, -0.25) is 0 Å². The first-order valence-electron chi connectivity index (χ1n) is 12.1. The van der Waals surface area contributed by atoms with Crippen LogP contribution < -0.4 is 0 Å². The molecule has 176 valence electrons. The molecule has 3 aromatic carbocycles. The Kier molecular flexibility index (Phi) is 4.16. The number of para-hydroxylation sites is 1. The van der Waals surface area contributed by atoms with Crippen molar-refractivity contribution in [2.75, 3.05) is 0 Å². The summed E-state index contributed by atoms with van der Waals surface area (Å²) in [4.78, 5) is 3.48. The van der Waals surface area contributed by atoms with E-state index >= 15 is 0 Å². The summed E-state index contributed by atoms with van der Waals surface area (Å²) in [5, 5.41) is 4.21. The van der Waals surface area contributed by atoms with Gasteiger partial charge in [-0.05, 0) is 47.9 Å². The predicted octanol–water partition coefficient (Wildman–Crippen LogP) is 9.51. The molecule has 0 saturated heterocycles. The molecular weight excluding hydrogens is 462 g/mol. The Morgan fingerprint density at radius 3 is 2.38 bits per heavy atom. The molecule has 37 heavy (non-hydrogen) atoms. The summed E-state index contributed by atoms with van der Waals surface area (Å²) in [6, 6.07) is 28.3. The highest BCUT2D eigenvalue weighted by atomic mass is 16.4. The van der Waals surface area contributed by atoms with Crippen molar-refractivity contribution in [3.8, 4) is 45.2 Å². The van der Waals surface area contributed by atoms with Crippen LogP contribution in [0.5, 0.6) is 0 Å². The van der Waals surface area contributed by atoms with E-state index in [1.54, 1.807) is 18.8 Å². The molecule has 0 aliphatic carbocycles. The van der Waals surface area contributed by atoms with Crippen molar-refractivity contribution in [3.63, 3.8) is 0 Å². The minimum Gasteiger partial charge on any atom is -0.472 e. The zero-order valence-corrected chi connectivity index (χ0v) is 19.5. The topological polar surface area (TPSA) is 68.3 Å². The van der Waals surface area contributed by atoms with E-state index in [1.807, 2.05) is 66.9 Å². The molecule has 0 amide bonds. The van der Waals surface area contributed by atoms with E-state index in [2.05, 4.69) is 29.2 Å². The van der Waals surface area contributed by atoms with Crippen molar-refractivity contribution < 1.29 is 17.7 Å². The lowest BCUT2D eigenvalue weighted by molar-refractivity contribution is 0.566. The van der Waals surface area contributed by atoms with Gasteiger partial charge in [0, 0.05) is 44.6 Å². The van der Waals surface area contributed by atoms with Crippen molar-refractivity contribution in [2.45, 2.75) is 0 Å². The molecule has 0 spiro atoms. The van der Waals surface area contributed by atoms with Crippen LogP contribution in [0.15, 0.2) is 128 Å². The van der Waals surface area contributed by atoms with Crippen LogP contribution in [-0.4, -0.2) is 4.98 Å². The number of H-pyrrole nitrogens is 1. The van der Waals surface area contributed by atoms with Gasteiger partial charge in [-0.1, -0.05) is 42.5 Å². The Balaban J connectivity index is 1.52. The number of furan rings is 4. The van der Waals surface area contributed by atoms with Gasteiger partial charge in [-0.15, -0.1) is 0 Å². The van der Waals surface area contributed by atoms with E-state index < -0.39 is 0 Å². The molecule has 0 saturated carbocycles. The molecule has 1 N–H and O–H groups in total. The lowest BCUT2D eigenvalue weighted by Crippen LogP contribution is -1.85. The molecule has 0 aliphatic heterocycles. The number of benzene rings is 3. The summed E-state index contributed by atoms with van der Waals surface area (Å²) in [5.41, 5.74) is 6.23. The van der Waals surface area contributed by atoms with Crippen LogP contribution in [-0.2, 0) is 0 Å². The number of aromatic amines is 1. The van der Waals surface area contributed by atoms with Crippen LogP contribution in [0.2, 0.25) is 0 Å². The lowest BCUT2D eigenvalue weighted by atomic mass is 9.95. The summed E-state index contributed by atoms with van der Waals surface area (Å²) in [6.07, 6.45) is 7.12. The molecule has 0 fully saturated rings. The van der Waals surface area contributed by atoms with Crippen LogP contribution in [0.25, 0.3) is 77.9 Å². The van der Waals surface area contributed by atoms with Crippen molar-refractivity contribution in [3.05, 3.63) is 110 Å². The predicted molar refractivity (Wildman–Crippen MR) is 144 cm³/mol. The molecule has 5 heteroatoms. The zero-order valence-electron chi connectivity index (χ0n) is 19.5. The third-order valence-corrected chi connectivity index (χ3v) is 6.96. The van der Waals surface area contributed by atoms with E-state index in [1.165, 1.54) is 0 Å². The summed E-state index contributed by atoms with van der Waals surface area (Å²) in [6.45, 7) is 0. The van der Waals surface area contributed by atoms with Crippen LogP contribution in [0.3, 0.4) is 0 Å². The van der Waals surface area contributed by atoms with Crippen molar-refractivity contribution in [2.24, 2.45) is 0 Å². The molecular formula is C32H19NO4. The Bertz CT molecular complexity index is 2000. The number of fused-ring (bicyclic) bond motifs is 3. The Labute approximate surface area is 210 Å². The first kappa shape index (κ1) is 20.1. The van der Waals surface area contributed by atoms with Gasteiger partial charge in [0.15, 0.2) is 11.5 Å². The Morgan fingerprint density at radius 2 is 1.54 bits per heavy atom. The second-order valence-electron chi connectivity index (χ2n) is 9.06. The number of rotatable bonds is 4. The lowest BCUT2D eigenvalue weighted by Gasteiger charge is -2.07. The second-order valence-corrected chi connectivity index (χ2v) is 9.06. The number of hydrogen-bond donors (Lipinski definition) is 1. The van der Waals surface area contributed by atoms with Crippen molar-refractivity contribution in [1.82, 2.24) is 4.98 Å². The monoisotopic (exact) mass is 481 g/mol. The van der Waals surface area contributed by atoms with E-state index in [9.17, 15) is 0 Å². The van der Waals surface area contributed by atoms with Gasteiger partial charge in [0.2, 0.25) is 0 Å². The van der Waals surface area contributed by atoms with Gasteiger partial charge in [0.05, 0.1) is 24.5 Å². The molecule has 0 radical (unpaired) electrons. The van der Waals surface area contributed by atoms with Crippen LogP contribution in [0.1, 0.15) is 0 Å². The normalized spacial score (nSPS) is 11.8. The summed E-state index contributed by atoms with van der Waals surface area (Å²) >= 11 is 0. The zero-order chi connectivity index (χ0) is 24.3. The summed E-state index contributed by atoms with van der Waals surface area (Å²) < 4.78 is 24.5. The average molecular weight is 482 g/mol. The summed E-state index contributed by atoms with van der Waals surface area (Å²) in [5.74, 6) is 2.06. The molecule has 0 aliphatic rings. The molecule has 8 rings (SSSR count). The van der Waals surface area contributed by atoms with Crippen LogP contribution in [0.4, 0.5) is 0 Å². The number of nitrogens with one attached hydrogen (secondary N) is 1. The van der Waals surface area contributed by atoms with Gasteiger partial charge in [-0.25, -0.2) is 0 Å². The Hall–Kier alpha value is -5.16.